The SMILES string of the molecule is CC[C@@H](N)/C(C)=C/C=C(C)C. The number of rotatable bonds is 3. The molecule has 0 fully saturated rings. The first-order chi connectivity index (χ1) is 5.07. The molecule has 0 aromatic carbocycles. The van der Waals surface area contributed by atoms with Crippen LogP contribution in [0, 0.1) is 0 Å². The van der Waals surface area contributed by atoms with Gasteiger partial charge in [0.1, 0.15) is 0 Å². The monoisotopic (exact) mass is 153 g/mol. The van der Waals surface area contributed by atoms with Crippen molar-refractivity contribution in [3.63, 3.8) is 0 Å². The summed E-state index contributed by atoms with van der Waals surface area (Å²) >= 11 is 0. The number of nitrogens with two attached hydrogens (primary N) is 1. The van der Waals surface area contributed by atoms with Gasteiger partial charge in [0.15, 0.2) is 0 Å². The van der Waals surface area contributed by atoms with Crippen LogP contribution in [0.25, 0.3) is 0 Å². The first-order valence-electron chi connectivity index (χ1n) is 4.15. The molecule has 1 heteroatoms. The maximum absolute atomic E-state index is 5.81. The van der Waals surface area contributed by atoms with E-state index in [2.05, 4.69) is 39.8 Å². The quantitative estimate of drug-likeness (QED) is 0.620. The highest BCUT2D eigenvalue weighted by atomic mass is 14.6. The molecule has 1 nitrogen and oxygen atoms in total. The first-order valence-corrected chi connectivity index (χ1v) is 4.15. The molecular formula is C10H19N. The summed E-state index contributed by atoms with van der Waals surface area (Å²) in [6.07, 6.45) is 5.22. The van der Waals surface area contributed by atoms with Crippen molar-refractivity contribution in [2.45, 2.75) is 40.2 Å². The van der Waals surface area contributed by atoms with Crippen LogP contribution in [-0.4, -0.2) is 6.04 Å². The predicted molar refractivity (Wildman–Crippen MR) is 51.5 cm³/mol. The Morgan fingerprint density at radius 3 is 2.18 bits per heavy atom. The number of hydrogen-bond donors (Lipinski definition) is 1. The Morgan fingerprint density at radius 2 is 1.82 bits per heavy atom. The van der Waals surface area contributed by atoms with Crippen molar-refractivity contribution in [1.29, 1.82) is 0 Å². The van der Waals surface area contributed by atoms with Gasteiger partial charge in [-0.05, 0) is 27.2 Å². The van der Waals surface area contributed by atoms with Crippen molar-refractivity contribution < 1.29 is 0 Å². The second-order valence-electron chi connectivity index (χ2n) is 3.17. The minimum absolute atomic E-state index is 0.227. The van der Waals surface area contributed by atoms with Gasteiger partial charge in [-0.3, -0.25) is 0 Å². The molecular weight excluding hydrogens is 134 g/mol. The third-order valence-corrected chi connectivity index (χ3v) is 1.70. The molecule has 0 aromatic heterocycles. The third-order valence-electron chi connectivity index (χ3n) is 1.70. The highest BCUT2D eigenvalue weighted by Gasteiger charge is 1.98. The summed E-state index contributed by atoms with van der Waals surface area (Å²) in [5.74, 6) is 0. The zero-order chi connectivity index (χ0) is 8.85. The van der Waals surface area contributed by atoms with Crippen LogP contribution in [0.4, 0.5) is 0 Å². The molecule has 0 spiro atoms. The molecule has 0 aliphatic rings. The van der Waals surface area contributed by atoms with E-state index in [1.54, 1.807) is 0 Å². The van der Waals surface area contributed by atoms with Gasteiger partial charge in [-0.1, -0.05) is 30.2 Å². The standard InChI is InChI=1S/C10H19N/c1-5-10(11)9(4)7-6-8(2)3/h6-7,10H,5,11H2,1-4H3/b9-7+/t10-/m1/s1. The summed E-state index contributed by atoms with van der Waals surface area (Å²) < 4.78 is 0. The minimum Gasteiger partial charge on any atom is -0.324 e. The molecule has 0 rings (SSSR count). The van der Waals surface area contributed by atoms with Gasteiger partial charge < -0.3 is 5.73 Å². The van der Waals surface area contributed by atoms with Crippen molar-refractivity contribution in [2.75, 3.05) is 0 Å². The van der Waals surface area contributed by atoms with E-state index < -0.39 is 0 Å². The largest absolute Gasteiger partial charge is 0.324 e. The predicted octanol–water partition coefficient (Wildman–Crippen LogP) is 2.64. The lowest BCUT2D eigenvalue weighted by Crippen LogP contribution is -2.19. The van der Waals surface area contributed by atoms with E-state index in [1.165, 1.54) is 11.1 Å². The van der Waals surface area contributed by atoms with Gasteiger partial charge in [0, 0.05) is 6.04 Å². The Balaban J connectivity index is 4.11. The van der Waals surface area contributed by atoms with E-state index >= 15 is 0 Å². The van der Waals surface area contributed by atoms with E-state index in [9.17, 15) is 0 Å². The molecule has 0 amide bonds. The molecule has 0 aromatic rings. The smallest absolute Gasteiger partial charge is 0.0251 e. The summed E-state index contributed by atoms with van der Waals surface area (Å²) in [6, 6.07) is 0.227. The van der Waals surface area contributed by atoms with Crippen molar-refractivity contribution in [1.82, 2.24) is 0 Å². The number of hydrogen-bond acceptors (Lipinski definition) is 1. The zero-order valence-electron chi connectivity index (χ0n) is 8.02. The molecule has 2 N–H and O–H groups in total. The van der Waals surface area contributed by atoms with Gasteiger partial charge >= 0.3 is 0 Å². The van der Waals surface area contributed by atoms with Gasteiger partial charge in [0.2, 0.25) is 0 Å². The first kappa shape index (κ1) is 10.4. The summed E-state index contributed by atoms with van der Waals surface area (Å²) in [7, 11) is 0. The van der Waals surface area contributed by atoms with Crippen LogP contribution in [0.5, 0.6) is 0 Å². The lowest BCUT2D eigenvalue weighted by Gasteiger charge is -2.07. The fourth-order valence-electron chi connectivity index (χ4n) is 0.744. The summed E-state index contributed by atoms with van der Waals surface area (Å²) in [4.78, 5) is 0. The molecule has 0 heterocycles. The Labute approximate surface area is 70.0 Å². The van der Waals surface area contributed by atoms with Crippen LogP contribution in [0.1, 0.15) is 34.1 Å². The second-order valence-corrected chi connectivity index (χ2v) is 3.17. The van der Waals surface area contributed by atoms with E-state index in [0.29, 0.717) is 0 Å². The number of allylic oxidation sites excluding steroid dienone is 3. The van der Waals surface area contributed by atoms with Gasteiger partial charge in [0.05, 0.1) is 0 Å². The average Bonchev–Trinajstić information content (AvgIpc) is 1.98. The maximum atomic E-state index is 5.81. The fourth-order valence-corrected chi connectivity index (χ4v) is 0.744. The molecule has 11 heavy (non-hydrogen) atoms. The van der Waals surface area contributed by atoms with Crippen LogP contribution in [0.3, 0.4) is 0 Å². The van der Waals surface area contributed by atoms with Crippen molar-refractivity contribution in [3.8, 4) is 0 Å². The van der Waals surface area contributed by atoms with E-state index in [1.807, 2.05) is 0 Å². The lowest BCUT2D eigenvalue weighted by molar-refractivity contribution is 0.740. The van der Waals surface area contributed by atoms with Crippen molar-refractivity contribution >= 4 is 0 Å². The van der Waals surface area contributed by atoms with E-state index in [0.717, 1.165) is 6.42 Å². The molecule has 0 saturated carbocycles. The molecule has 0 aliphatic carbocycles. The van der Waals surface area contributed by atoms with Crippen LogP contribution in [-0.2, 0) is 0 Å². The van der Waals surface area contributed by atoms with E-state index in [-0.39, 0.29) is 6.04 Å². The Bertz CT molecular complexity index is 162. The third kappa shape index (κ3) is 4.79. The van der Waals surface area contributed by atoms with Crippen LogP contribution in [0.15, 0.2) is 23.3 Å². The molecule has 64 valence electrons. The van der Waals surface area contributed by atoms with Gasteiger partial charge in [0.25, 0.3) is 0 Å². The molecule has 0 saturated heterocycles. The normalized spacial score (nSPS) is 14.5. The van der Waals surface area contributed by atoms with Crippen LogP contribution < -0.4 is 5.73 Å². The molecule has 1 atom stereocenters. The van der Waals surface area contributed by atoms with E-state index in [4.69, 9.17) is 5.73 Å². The fraction of sp³-hybridized carbons (Fsp3) is 0.600. The summed E-state index contributed by atoms with van der Waals surface area (Å²) in [6.45, 7) is 8.35. The molecule has 0 bridgehead atoms. The highest BCUT2D eigenvalue weighted by molar-refractivity contribution is 5.17. The van der Waals surface area contributed by atoms with Gasteiger partial charge in [-0.15, -0.1) is 0 Å². The van der Waals surface area contributed by atoms with Crippen LogP contribution in [0.2, 0.25) is 0 Å². The molecule has 0 radical (unpaired) electrons. The second kappa shape index (κ2) is 5.14. The minimum atomic E-state index is 0.227. The van der Waals surface area contributed by atoms with Crippen LogP contribution >= 0.6 is 0 Å². The topological polar surface area (TPSA) is 26.0 Å². The van der Waals surface area contributed by atoms with Gasteiger partial charge in [-0.25, -0.2) is 0 Å². The Morgan fingerprint density at radius 1 is 1.27 bits per heavy atom. The lowest BCUT2D eigenvalue weighted by atomic mass is 10.1. The Hall–Kier alpha value is -0.560. The zero-order valence-corrected chi connectivity index (χ0v) is 8.02. The summed E-state index contributed by atoms with van der Waals surface area (Å²) in [5.41, 5.74) is 8.38. The van der Waals surface area contributed by atoms with Gasteiger partial charge in [-0.2, -0.15) is 0 Å². The molecule has 0 unspecified atom stereocenters. The van der Waals surface area contributed by atoms with Crippen molar-refractivity contribution in [2.24, 2.45) is 5.73 Å². The van der Waals surface area contributed by atoms with Crippen molar-refractivity contribution in [3.05, 3.63) is 23.3 Å². The maximum Gasteiger partial charge on any atom is 0.0251 e. The Kier molecular flexibility index (Phi) is 4.88. The summed E-state index contributed by atoms with van der Waals surface area (Å²) in [5, 5.41) is 0. The average molecular weight is 153 g/mol. The highest BCUT2D eigenvalue weighted by Crippen LogP contribution is 2.03. The molecule has 0 aliphatic heterocycles.